The van der Waals surface area contributed by atoms with E-state index in [1.807, 2.05) is 22.9 Å². The molecule has 0 amide bonds. The Bertz CT molecular complexity index is 747. The van der Waals surface area contributed by atoms with Crippen LogP contribution < -0.4 is 5.73 Å². The molecule has 1 atom stereocenters. The van der Waals surface area contributed by atoms with Crippen molar-refractivity contribution >= 4 is 10.9 Å². The van der Waals surface area contributed by atoms with E-state index in [9.17, 15) is 5.11 Å². The Morgan fingerprint density at radius 2 is 1.95 bits per heavy atom. The number of aliphatic hydroxyl groups excluding tert-OH is 1. The Kier molecular flexibility index (Phi) is 3.73. The van der Waals surface area contributed by atoms with Crippen LogP contribution >= 0.6 is 0 Å². The predicted molar refractivity (Wildman–Crippen MR) is 84.9 cm³/mol. The van der Waals surface area contributed by atoms with Crippen molar-refractivity contribution in [1.82, 2.24) is 9.55 Å². The van der Waals surface area contributed by atoms with Gasteiger partial charge < -0.3 is 15.4 Å². The van der Waals surface area contributed by atoms with Crippen LogP contribution in [0.4, 0.5) is 0 Å². The fourth-order valence-corrected chi connectivity index (χ4v) is 2.71. The smallest absolute Gasteiger partial charge is 0.127 e. The number of aromatic nitrogens is 2. The van der Waals surface area contributed by atoms with Crippen molar-refractivity contribution in [3.63, 3.8) is 0 Å². The lowest BCUT2D eigenvalue weighted by Crippen LogP contribution is -2.03. The number of nitrogens with zero attached hydrogens (tertiary/aromatic N) is 2. The Morgan fingerprint density at radius 1 is 1.19 bits per heavy atom. The Morgan fingerprint density at radius 3 is 2.62 bits per heavy atom. The minimum absolute atomic E-state index is 0.563. The van der Waals surface area contributed by atoms with Gasteiger partial charge in [-0.25, -0.2) is 0 Å². The monoisotopic (exact) mass is 281 g/mol. The first kappa shape index (κ1) is 13.8. The molecule has 3 aromatic rings. The minimum Gasteiger partial charge on any atom is -0.374 e. The van der Waals surface area contributed by atoms with E-state index in [2.05, 4.69) is 23.2 Å². The van der Waals surface area contributed by atoms with Gasteiger partial charge in [0, 0.05) is 24.0 Å². The number of fused-ring (bicyclic) bond motifs is 1. The van der Waals surface area contributed by atoms with Crippen LogP contribution in [-0.4, -0.2) is 21.2 Å². The van der Waals surface area contributed by atoms with E-state index in [4.69, 9.17) is 5.73 Å². The molecule has 1 aromatic carbocycles. The molecule has 0 radical (unpaired) electrons. The second-order valence-corrected chi connectivity index (χ2v) is 5.20. The number of rotatable bonds is 4. The van der Waals surface area contributed by atoms with Gasteiger partial charge in [-0.3, -0.25) is 4.98 Å². The number of aliphatic hydroxyl groups is 1. The molecule has 4 nitrogen and oxygen atoms in total. The largest absolute Gasteiger partial charge is 0.374 e. The predicted octanol–water partition coefficient (Wildman–Crippen LogP) is 2.72. The zero-order valence-electron chi connectivity index (χ0n) is 12.0. The molecule has 3 rings (SSSR count). The Balaban J connectivity index is 2.18. The van der Waals surface area contributed by atoms with Crippen molar-refractivity contribution in [3.05, 3.63) is 54.5 Å². The summed E-state index contributed by atoms with van der Waals surface area (Å²) in [6.45, 7) is 2.37. The van der Waals surface area contributed by atoms with Gasteiger partial charge in [0.2, 0.25) is 0 Å². The molecule has 0 aliphatic rings. The molecule has 0 aliphatic heterocycles. The molecule has 3 N–H and O–H groups in total. The van der Waals surface area contributed by atoms with Crippen molar-refractivity contribution in [3.8, 4) is 11.1 Å². The molecule has 0 bridgehead atoms. The molecule has 108 valence electrons. The standard InChI is InChI=1S/C17H19N3O/c1-12(21)20-11-15(4-7-18)16-3-2-14(10-17(16)20)13-5-8-19-9-6-13/h2-3,5-6,8-12,21H,4,7,18H2,1H3. The Labute approximate surface area is 123 Å². The van der Waals surface area contributed by atoms with Crippen molar-refractivity contribution in [1.29, 1.82) is 0 Å². The molecule has 0 saturated carbocycles. The number of benzene rings is 1. The quantitative estimate of drug-likeness (QED) is 0.773. The third-order valence-corrected chi connectivity index (χ3v) is 3.75. The van der Waals surface area contributed by atoms with E-state index in [1.165, 1.54) is 5.56 Å². The minimum atomic E-state index is -0.563. The number of hydrogen-bond acceptors (Lipinski definition) is 3. The topological polar surface area (TPSA) is 64.1 Å². The van der Waals surface area contributed by atoms with Crippen LogP contribution in [0.2, 0.25) is 0 Å². The van der Waals surface area contributed by atoms with E-state index in [0.717, 1.165) is 28.5 Å². The first-order valence-corrected chi connectivity index (χ1v) is 7.12. The van der Waals surface area contributed by atoms with Crippen molar-refractivity contribution in [2.45, 2.75) is 19.6 Å². The molecule has 0 spiro atoms. The SMILES string of the molecule is CC(O)n1cc(CCN)c2ccc(-c3ccncc3)cc21. The second-order valence-electron chi connectivity index (χ2n) is 5.20. The van der Waals surface area contributed by atoms with Crippen LogP contribution in [0.1, 0.15) is 18.7 Å². The van der Waals surface area contributed by atoms with Crippen LogP contribution in [0.5, 0.6) is 0 Å². The lowest BCUT2D eigenvalue weighted by Gasteiger charge is -2.09. The van der Waals surface area contributed by atoms with Crippen LogP contribution in [-0.2, 0) is 6.42 Å². The van der Waals surface area contributed by atoms with Gasteiger partial charge in [-0.1, -0.05) is 12.1 Å². The maximum Gasteiger partial charge on any atom is 0.127 e. The van der Waals surface area contributed by atoms with Gasteiger partial charge in [0.1, 0.15) is 6.23 Å². The summed E-state index contributed by atoms with van der Waals surface area (Å²) in [5, 5.41) is 11.1. The summed E-state index contributed by atoms with van der Waals surface area (Å²) in [4.78, 5) is 4.05. The molecule has 0 saturated heterocycles. The lowest BCUT2D eigenvalue weighted by molar-refractivity contribution is 0.129. The number of pyridine rings is 1. The second kappa shape index (κ2) is 5.68. The van der Waals surface area contributed by atoms with Crippen LogP contribution in [0.3, 0.4) is 0 Å². The molecular formula is C17H19N3O. The first-order chi connectivity index (χ1) is 10.2. The third-order valence-electron chi connectivity index (χ3n) is 3.75. The summed E-state index contributed by atoms with van der Waals surface area (Å²) in [6, 6.07) is 10.3. The fourth-order valence-electron chi connectivity index (χ4n) is 2.71. The van der Waals surface area contributed by atoms with Gasteiger partial charge in [0.05, 0.1) is 5.52 Å². The van der Waals surface area contributed by atoms with Crippen molar-refractivity contribution in [2.24, 2.45) is 5.73 Å². The highest BCUT2D eigenvalue weighted by atomic mass is 16.3. The molecule has 0 aliphatic carbocycles. The summed E-state index contributed by atoms with van der Waals surface area (Å²) in [6.07, 6.45) is 5.82. The van der Waals surface area contributed by atoms with E-state index >= 15 is 0 Å². The average Bonchev–Trinajstić information content (AvgIpc) is 2.87. The van der Waals surface area contributed by atoms with Crippen LogP contribution in [0, 0.1) is 0 Å². The van der Waals surface area contributed by atoms with Gasteiger partial charge in [-0.15, -0.1) is 0 Å². The lowest BCUT2D eigenvalue weighted by atomic mass is 10.0. The first-order valence-electron chi connectivity index (χ1n) is 7.12. The van der Waals surface area contributed by atoms with Gasteiger partial charge >= 0.3 is 0 Å². The molecule has 0 fully saturated rings. The maximum absolute atomic E-state index is 9.99. The van der Waals surface area contributed by atoms with Gasteiger partial charge in [0.15, 0.2) is 0 Å². The van der Waals surface area contributed by atoms with Crippen molar-refractivity contribution < 1.29 is 5.11 Å². The zero-order chi connectivity index (χ0) is 14.8. The summed E-state index contributed by atoms with van der Waals surface area (Å²) in [7, 11) is 0. The summed E-state index contributed by atoms with van der Waals surface area (Å²) in [5.74, 6) is 0. The average molecular weight is 281 g/mol. The van der Waals surface area contributed by atoms with Crippen LogP contribution in [0.25, 0.3) is 22.0 Å². The normalized spacial score (nSPS) is 12.7. The van der Waals surface area contributed by atoms with Crippen LogP contribution in [0.15, 0.2) is 48.9 Å². The fraction of sp³-hybridized carbons (Fsp3) is 0.235. The summed E-state index contributed by atoms with van der Waals surface area (Å²) in [5.41, 5.74) is 10.1. The molecule has 2 aromatic heterocycles. The maximum atomic E-state index is 9.99. The van der Waals surface area contributed by atoms with E-state index in [1.54, 1.807) is 19.3 Å². The Hall–Kier alpha value is -2.17. The molecule has 2 heterocycles. The van der Waals surface area contributed by atoms with Crippen molar-refractivity contribution in [2.75, 3.05) is 6.54 Å². The van der Waals surface area contributed by atoms with E-state index in [-0.39, 0.29) is 0 Å². The highest BCUT2D eigenvalue weighted by Gasteiger charge is 2.12. The van der Waals surface area contributed by atoms with Gasteiger partial charge in [0.25, 0.3) is 0 Å². The zero-order valence-corrected chi connectivity index (χ0v) is 12.0. The van der Waals surface area contributed by atoms with Gasteiger partial charge in [-0.2, -0.15) is 0 Å². The van der Waals surface area contributed by atoms with E-state index < -0.39 is 6.23 Å². The van der Waals surface area contributed by atoms with Gasteiger partial charge in [-0.05, 0) is 54.8 Å². The molecule has 21 heavy (non-hydrogen) atoms. The highest BCUT2D eigenvalue weighted by Crippen LogP contribution is 2.29. The molecule has 1 unspecified atom stereocenters. The number of hydrogen-bond donors (Lipinski definition) is 2. The molecule has 4 heteroatoms. The third kappa shape index (κ3) is 2.55. The molecular weight excluding hydrogens is 262 g/mol. The van der Waals surface area contributed by atoms with E-state index in [0.29, 0.717) is 6.54 Å². The highest BCUT2D eigenvalue weighted by molar-refractivity contribution is 5.88. The summed E-state index contributed by atoms with van der Waals surface area (Å²) < 4.78 is 1.89. The summed E-state index contributed by atoms with van der Waals surface area (Å²) >= 11 is 0. The number of nitrogens with two attached hydrogens (primary N) is 1.